The first-order valence-electron chi connectivity index (χ1n) is 8.84. The standard InChI is InChI=1S/C20H19BrF2N2O2S/c21-15-2-4-16(5-3-15)28-12-7-19(26)24-8-10-25(11-9-24)20(27)14-1-6-17(22)18(23)13-14/h1-6,13H,7-12H2. The molecule has 0 N–H and O–H groups in total. The van der Waals surface area contributed by atoms with Crippen molar-refractivity contribution < 1.29 is 18.4 Å². The van der Waals surface area contributed by atoms with E-state index in [0.717, 1.165) is 21.5 Å². The second kappa shape index (κ2) is 9.52. The van der Waals surface area contributed by atoms with Gasteiger partial charge in [0.1, 0.15) is 0 Å². The lowest BCUT2D eigenvalue weighted by molar-refractivity contribution is -0.132. The Balaban J connectivity index is 1.45. The van der Waals surface area contributed by atoms with Crippen molar-refractivity contribution in [3.05, 3.63) is 64.1 Å². The molecule has 1 saturated heterocycles. The van der Waals surface area contributed by atoms with E-state index in [9.17, 15) is 18.4 Å². The molecule has 0 aliphatic carbocycles. The van der Waals surface area contributed by atoms with Crippen molar-refractivity contribution in [2.45, 2.75) is 11.3 Å². The van der Waals surface area contributed by atoms with Crippen molar-refractivity contribution in [3.8, 4) is 0 Å². The molecular formula is C20H19BrF2N2O2S. The van der Waals surface area contributed by atoms with Crippen LogP contribution in [0.15, 0.2) is 51.8 Å². The van der Waals surface area contributed by atoms with Gasteiger partial charge in [-0.1, -0.05) is 15.9 Å². The number of carbonyl (C=O) groups excluding carboxylic acids is 2. The predicted molar refractivity (Wildman–Crippen MR) is 108 cm³/mol. The number of halogens is 3. The zero-order valence-corrected chi connectivity index (χ0v) is 17.4. The van der Waals surface area contributed by atoms with E-state index in [2.05, 4.69) is 15.9 Å². The SMILES string of the molecule is O=C(CCSc1ccc(Br)cc1)N1CCN(C(=O)c2ccc(F)c(F)c2)CC1. The molecule has 2 aromatic carbocycles. The minimum atomic E-state index is -1.04. The lowest BCUT2D eigenvalue weighted by Crippen LogP contribution is -2.50. The van der Waals surface area contributed by atoms with E-state index in [1.807, 2.05) is 24.3 Å². The molecule has 28 heavy (non-hydrogen) atoms. The van der Waals surface area contributed by atoms with Gasteiger partial charge in [0.25, 0.3) is 5.91 Å². The third kappa shape index (κ3) is 5.32. The van der Waals surface area contributed by atoms with Gasteiger partial charge in [0.05, 0.1) is 0 Å². The molecule has 0 spiro atoms. The Labute approximate surface area is 175 Å². The van der Waals surface area contributed by atoms with Crippen molar-refractivity contribution in [2.24, 2.45) is 0 Å². The normalized spacial score (nSPS) is 14.2. The van der Waals surface area contributed by atoms with Crippen molar-refractivity contribution in [3.63, 3.8) is 0 Å². The van der Waals surface area contributed by atoms with Crippen molar-refractivity contribution in [1.82, 2.24) is 9.80 Å². The summed E-state index contributed by atoms with van der Waals surface area (Å²) in [6.45, 7) is 1.64. The van der Waals surface area contributed by atoms with Gasteiger partial charge < -0.3 is 9.80 Å². The van der Waals surface area contributed by atoms with E-state index in [4.69, 9.17) is 0 Å². The lowest BCUT2D eigenvalue weighted by atomic mass is 10.1. The van der Waals surface area contributed by atoms with Gasteiger partial charge in [-0.3, -0.25) is 9.59 Å². The molecule has 1 aliphatic heterocycles. The van der Waals surface area contributed by atoms with Gasteiger partial charge in [0, 0.05) is 53.3 Å². The zero-order valence-electron chi connectivity index (χ0n) is 15.0. The Morgan fingerprint density at radius 2 is 1.57 bits per heavy atom. The Morgan fingerprint density at radius 3 is 2.21 bits per heavy atom. The number of amides is 2. The van der Waals surface area contributed by atoms with E-state index < -0.39 is 11.6 Å². The minimum Gasteiger partial charge on any atom is -0.339 e. The van der Waals surface area contributed by atoms with Crippen molar-refractivity contribution >= 4 is 39.5 Å². The Hall–Kier alpha value is -1.93. The summed E-state index contributed by atoms with van der Waals surface area (Å²) in [6, 6.07) is 11.1. The zero-order chi connectivity index (χ0) is 20.1. The summed E-state index contributed by atoms with van der Waals surface area (Å²) in [4.78, 5) is 29.2. The highest BCUT2D eigenvalue weighted by Gasteiger charge is 2.25. The number of carbonyl (C=O) groups is 2. The van der Waals surface area contributed by atoms with Gasteiger partial charge in [-0.2, -0.15) is 0 Å². The average Bonchev–Trinajstić information content (AvgIpc) is 2.71. The smallest absolute Gasteiger partial charge is 0.254 e. The highest BCUT2D eigenvalue weighted by molar-refractivity contribution is 9.10. The second-order valence-corrected chi connectivity index (χ2v) is 8.44. The van der Waals surface area contributed by atoms with Crippen LogP contribution in [-0.4, -0.2) is 53.5 Å². The van der Waals surface area contributed by atoms with Gasteiger partial charge >= 0.3 is 0 Å². The van der Waals surface area contributed by atoms with Crippen LogP contribution in [0.3, 0.4) is 0 Å². The van der Waals surface area contributed by atoms with E-state index in [0.29, 0.717) is 38.4 Å². The number of thioether (sulfide) groups is 1. The number of hydrogen-bond acceptors (Lipinski definition) is 3. The van der Waals surface area contributed by atoms with Crippen LogP contribution in [0.2, 0.25) is 0 Å². The van der Waals surface area contributed by atoms with Crippen LogP contribution < -0.4 is 0 Å². The number of rotatable bonds is 5. The van der Waals surface area contributed by atoms with E-state index in [-0.39, 0.29) is 17.4 Å². The quantitative estimate of drug-likeness (QED) is 0.617. The molecule has 0 radical (unpaired) electrons. The summed E-state index contributed by atoms with van der Waals surface area (Å²) in [5, 5.41) is 0. The van der Waals surface area contributed by atoms with Crippen LogP contribution in [0.1, 0.15) is 16.8 Å². The topological polar surface area (TPSA) is 40.6 Å². The predicted octanol–water partition coefficient (Wildman–Crippen LogP) is 4.19. The molecule has 0 unspecified atom stereocenters. The van der Waals surface area contributed by atoms with Gasteiger partial charge in [-0.05, 0) is 42.5 Å². The fourth-order valence-corrected chi connectivity index (χ4v) is 4.02. The summed E-state index contributed by atoms with van der Waals surface area (Å²) in [6.07, 6.45) is 0.428. The third-order valence-corrected chi connectivity index (χ3v) is 6.03. The van der Waals surface area contributed by atoms with Crippen LogP contribution in [0.4, 0.5) is 8.78 Å². The number of benzene rings is 2. The fourth-order valence-electron chi connectivity index (χ4n) is 2.92. The van der Waals surface area contributed by atoms with Crippen LogP contribution >= 0.6 is 27.7 Å². The first-order chi connectivity index (χ1) is 13.4. The Bertz CT molecular complexity index is 856. The molecule has 1 heterocycles. The maximum atomic E-state index is 13.3. The van der Waals surface area contributed by atoms with E-state index >= 15 is 0 Å². The van der Waals surface area contributed by atoms with E-state index in [1.165, 1.54) is 6.07 Å². The lowest BCUT2D eigenvalue weighted by Gasteiger charge is -2.35. The molecule has 0 atom stereocenters. The highest BCUT2D eigenvalue weighted by atomic mass is 79.9. The van der Waals surface area contributed by atoms with Crippen molar-refractivity contribution in [1.29, 1.82) is 0 Å². The maximum Gasteiger partial charge on any atom is 0.254 e. The highest BCUT2D eigenvalue weighted by Crippen LogP contribution is 2.21. The number of nitrogens with zero attached hydrogens (tertiary/aromatic N) is 2. The Morgan fingerprint density at radius 1 is 0.929 bits per heavy atom. The summed E-state index contributed by atoms with van der Waals surface area (Å²) < 4.78 is 27.4. The molecule has 4 nitrogen and oxygen atoms in total. The third-order valence-electron chi connectivity index (χ3n) is 4.48. The molecule has 2 aromatic rings. The molecule has 148 valence electrons. The molecule has 8 heteroatoms. The first-order valence-corrected chi connectivity index (χ1v) is 10.6. The van der Waals surface area contributed by atoms with Crippen LogP contribution in [0.5, 0.6) is 0 Å². The summed E-state index contributed by atoms with van der Waals surface area (Å²) in [7, 11) is 0. The monoisotopic (exact) mass is 468 g/mol. The molecule has 0 aromatic heterocycles. The molecule has 2 amide bonds. The van der Waals surface area contributed by atoms with Crippen LogP contribution in [0, 0.1) is 11.6 Å². The van der Waals surface area contributed by atoms with Crippen LogP contribution in [0.25, 0.3) is 0 Å². The second-order valence-electron chi connectivity index (χ2n) is 6.35. The molecule has 3 rings (SSSR count). The van der Waals surface area contributed by atoms with Gasteiger partial charge in [-0.15, -0.1) is 11.8 Å². The summed E-state index contributed by atoms with van der Waals surface area (Å²) in [5.74, 6) is -1.62. The number of hydrogen-bond donors (Lipinski definition) is 0. The number of piperazine rings is 1. The van der Waals surface area contributed by atoms with E-state index in [1.54, 1.807) is 21.6 Å². The van der Waals surface area contributed by atoms with Gasteiger partial charge in [0.15, 0.2) is 11.6 Å². The minimum absolute atomic E-state index is 0.0598. The van der Waals surface area contributed by atoms with Gasteiger partial charge in [-0.25, -0.2) is 8.78 Å². The average molecular weight is 469 g/mol. The fraction of sp³-hybridized carbons (Fsp3) is 0.300. The Kier molecular flexibility index (Phi) is 7.07. The van der Waals surface area contributed by atoms with Gasteiger partial charge in [0.2, 0.25) is 5.91 Å². The maximum absolute atomic E-state index is 13.3. The molecule has 1 aliphatic rings. The molecule has 1 fully saturated rings. The molecular weight excluding hydrogens is 450 g/mol. The first kappa shape index (κ1) is 20.8. The van der Waals surface area contributed by atoms with Crippen molar-refractivity contribution in [2.75, 3.05) is 31.9 Å². The summed E-state index contributed by atoms with van der Waals surface area (Å²) >= 11 is 5.02. The summed E-state index contributed by atoms with van der Waals surface area (Å²) in [5.41, 5.74) is 0.115. The molecule has 0 saturated carbocycles. The molecule has 0 bridgehead atoms. The largest absolute Gasteiger partial charge is 0.339 e. The van der Waals surface area contributed by atoms with Crippen LogP contribution in [-0.2, 0) is 4.79 Å².